The van der Waals surface area contributed by atoms with Crippen molar-refractivity contribution in [3.05, 3.63) is 17.5 Å². The summed E-state index contributed by atoms with van der Waals surface area (Å²) >= 11 is 0. The van der Waals surface area contributed by atoms with Gasteiger partial charge in [0.1, 0.15) is 5.69 Å². The molecule has 4 nitrogen and oxygen atoms in total. The lowest BCUT2D eigenvalue weighted by Crippen LogP contribution is -2.32. The smallest absolute Gasteiger partial charge is 0.185 e. The molecule has 2 atom stereocenters. The van der Waals surface area contributed by atoms with Crippen LogP contribution in [0.1, 0.15) is 35.3 Å². The van der Waals surface area contributed by atoms with Crippen LogP contribution in [0.3, 0.4) is 0 Å². The molecule has 0 radical (unpaired) electrons. The second kappa shape index (κ2) is 3.77. The monoisotopic (exact) mass is 207 g/mol. The molecule has 1 aromatic rings. The third kappa shape index (κ3) is 1.69. The minimum absolute atomic E-state index is 0.000833. The Morgan fingerprint density at radius 3 is 2.80 bits per heavy atom. The zero-order valence-electron chi connectivity index (χ0n) is 9.23. The number of rotatable bonds is 2. The van der Waals surface area contributed by atoms with Gasteiger partial charge in [0, 0.05) is 19.0 Å². The van der Waals surface area contributed by atoms with Crippen molar-refractivity contribution in [1.29, 1.82) is 0 Å². The number of Topliss-reactive ketones (excluding diaryl/α,β-unsaturated/α-hetero) is 1. The molecule has 0 saturated heterocycles. The average Bonchev–Trinajstić information content (AvgIpc) is 2.73. The van der Waals surface area contributed by atoms with Crippen molar-refractivity contribution in [1.82, 2.24) is 9.78 Å². The molecule has 1 aliphatic rings. The van der Waals surface area contributed by atoms with Crippen molar-refractivity contribution in [3.63, 3.8) is 0 Å². The Bertz CT molecular complexity index is 364. The molecule has 0 bridgehead atoms. The summed E-state index contributed by atoms with van der Waals surface area (Å²) in [5.74, 6) is 0.164. The van der Waals surface area contributed by atoms with Gasteiger partial charge in [-0.25, -0.2) is 0 Å². The number of aromatic nitrogens is 2. The predicted octanol–water partition coefficient (Wildman–Crippen LogP) is 1.04. The Morgan fingerprint density at radius 2 is 2.33 bits per heavy atom. The molecule has 2 rings (SSSR count). The number of hydrogen-bond donors (Lipinski definition) is 1. The van der Waals surface area contributed by atoms with E-state index in [2.05, 4.69) is 5.10 Å². The number of carbonyl (C=O) groups excluding carboxylic acids is 1. The van der Waals surface area contributed by atoms with E-state index in [1.165, 1.54) is 0 Å². The maximum absolute atomic E-state index is 12.2. The summed E-state index contributed by atoms with van der Waals surface area (Å²) in [6.45, 7) is 1.92. The second-order valence-electron chi connectivity index (χ2n) is 4.37. The molecule has 0 aromatic carbocycles. The molecule has 0 spiro atoms. The van der Waals surface area contributed by atoms with Gasteiger partial charge in [0.2, 0.25) is 0 Å². The van der Waals surface area contributed by atoms with Crippen LogP contribution in [0.2, 0.25) is 0 Å². The number of nitrogens with zero attached hydrogens (tertiary/aromatic N) is 2. The minimum atomic E-state index is -0.000833. The van der Waals surface area contributed by atoms with Crippen LogP contribution in [-0.2, 0) is 7.05 Å². The van der Waals surface area contributed by atoms with E-state index in [4.69, 9.17) is 5.73 Å². The van der Waals surface area contributed by atoms with Gasteiger partial charge in [0.05, 0.1) is 6.20 Å². The molecular formula is C11H17N3O. The summed E-state index contributed by atoms with van der Waals surface area (Å²) in [7, 11) is 1.81. The first-order valence-corrected chi connectivity index (χ1v) is 5.39. The first-order chi connectivity index (χ1) is 7.11. The van der Waals surface area contributed by atoms with E-state index < -0.39 is 0 Å². The van der Waals surface area contributed by atoms with Crippen molar-refractivity contribution in [2.24, 2.45) is 18.7 Å². The molecule has 4 heteroatoms. The Morgan fingerprint density at radius 1 is 1.60 bits per heavy atom. The van der Waals surface area contributed by atoms with Gasteiger partial charge < -0.3 is 5.73 Å². The van der Waals surface area contributed by atoms with Gasteiger partial charge in [-0.1, -0.05) is 6.42 Å². The Labute approximate surface area is 89.5 Å². The normalized spacial score (nSPS) is 25.8. The van der Waals surface area contributed by atoms with E-state index in [-0.39, 0.29) is 17.7 Å². The van der Waals surface area contributed by atoms with E-state index >= 15 is 0 Å². The fraction of sp³-hybridized carbons (Fsp3) is 0.636. The maximum Gasteiger partial charge on any atom is 0.185 e. The lowest BCUT2D eigenvalue weighted by atomic mass is 9.95. The number of ketones is 1. The SMILES string of the molecule is Cc1cnn(C)c1C(=O)C1CCCC1N. The highest BCUT2D eigenvalue weighted by molar-refractivity contribution is 5.98. The molecule has 1 fully saturated rings. The molecule has 2 unspecified atom stereocenters. The molecular weight excluding hydrogens is 190 g/mol. The second-order valence-corrected chi connectivity index (χ2v) is 4.37. The van der Waals surface area contributed by atoms with Crippen molar-refractivity contribution in [3.8, 4) is 0 Å². The number of hydrogen-bond acceptors (Lipinski definition) is 3. The summed E-state index contributed by atoms with van der Waals surface area (Å²) in [6, 6.07) is 0.0341. The summed E-state index contributed by atoms with van der Waals surface area (Å²) in [4.78, 5) is 12.2. The van der Waals surface area contributed by atoms with Gasteiger partial charge >= 0.3 is 0 Å². The molecule has 1 aliphatic carbocycles. The van der Waals surface area contributed by atoms with Gasteiger partial charge in [-0.2, -0.15) is 5.10 Å². The zero-order chi connectivity index (χ0) is 11.0. The number of carbonyl (C=O) groups is 1. The molecule has 82 valence electrons. The molecule has 1 heterocycles. The highest BCUT2D eigenvalue weighted by atomic mass is 16.1. The van der Waals surface area contributed by atoms with Crippen LogP contribution in [0, 0.1) is 12.8 Å². The molecule has 1 saturated carbocycles. The Hall–Kier alpha value is -1.16. The van der Waals surface area contributed by atoms with E-state index in [9.17, 15) is 4.79 Å². The minimum Gasteiger partial charge on any atom is -0.327 e. The highest BCUT2D eigenvalue weighted by Gasteiger charge is 2.32. The molecule has 2 N–H and O–H groups in total. The van der Waals surface area contributed by atoms with Gasteiger partial charge in [-0.05, 0) is 25.3 Å². The molecule has 0 aliphatic heterocycles. The topological polar surface area (TPSA) is 60.9 Å². The third-order valence-corrected chi connectivity index (χ3v) is 3.26. The largest absolute Gasteiger partial charge is 0.327 e. The van der Waals surface area contributed by atoms with Crippen molar-refractivity contribution >= 4 is 5.78 Å². The predicted molar refractivity (Wildman–Crippen MR) is 57.6 cm³/mol. The number of nitrogens with two attached hydrogens (primary N) is 1. The van der Waals surface area contributed by atoms with E-state index in [1.54, 1.807) is 17.9 Å². The summed E-state index contributed by atoms with van der Waals surface area (Å²) < 4.78 is 1.66. The van der Waals surface area contributed by atoms with Crippen LogP contribution >= 0.6 is 0 Å². The first kappa shape index (κ1) is 10.4. The maximum atomic E-state index is 12.2. The molecule has 1 aromatic heterocycles. The van der Waals surface area contributed by atoms with Crippen LogP contribution in [0.5, 0.6) is 0 Å². The number of aryl methyl sites for hydroxylation is 2. The quantitative estimate of drug-likeness (QED) is 0.737. The van der Waals surface area contributed by atoms with E-state index in [1.807, 2.05) is 6.92 Å². The van der Waals surface area contributed by atoms with E-state index in [0.717, 1.165) is 30.5 Å². The highest BCUT2D eigenvalue weighted by Crippen LogP contribution is 2.28. The van der Waals surface area contributed by atoms with Gasteiger partial charge in [-0.3, -0.25) is 9.48 Å². The van der Waals surface area contributed by atoms with Gasteiger partial charge in [0.15, 0.2) is 5.78 Å². The fourth-order valence-electron chi connectivity index (χ4n) is 2.39. The summed E-state index contributed by atoms with van der Waals surface area (Å²) in [5, 5.41) is 4.09. The fourth-order valence-corrected chi connectivity index (χ4v) is 2.39. The zero-order valence-corrected chi connectivity index (χ0v) is 9.23. The van der Waals surface area contributed by atoms with Crippen LogP contribution in [0.4, 0.5) is 0 Å². The van der Waals surface area contributed by atoms with Gasteiger partial charge in [0.25, 0.3) is 0 Å². The van der Waals surface area contributed by atoms with Crippen LogP contribution < -0.4 is 5.73 Å². The third-order valence-electron chi connectivity index (χ3n) is 3.26. The molecule has 15 heavy (non-hydrogen) atoms. The van der Waals surface area contributed by atoms with E-state index in [0.29, 0.717) is 0 Å². The standard InChI is InChI=1S/C11H17N3O/c1-7-6-13-14(2)10(7)11(15)8-4-3-5-9(8)12/h6,8-9H,3-5,12H2,1-2H3. The van der Waals surface area contributed by atoms with Crippen LogP contribution in [0.25, 0.3) is 0 Å². The average molecular weight is 207 g/mol. The van der Waals surface area contributed by atoms with Crippen molar-refractivity contribution in [2.45, 2.75) is 32.2 Å². The van der Waals surface area contributed by atoms with Crippen molar-refractivity contribution in [2.75, 3.05) is 0 Å². The summed E-state index contributed by atoms with van der Waals surface area (Å²) in [5.41, 5.74) is 7.60. The van der Waals surface area contributed by atoms with Crippen molar-refractivity contribution < 1.29 is 4.79 Å². The lowest BCUT2D eigenvalue weighted by Gasteiger charge is -2.14. The Kier molecular flexibility index (Phi) is 2.61. The lowest BCUT2D eigenvalue weighted by molar-refractivity contribution is 0.0903. The Balaban J connectivity index is 2.28. The van der Waals surface area contributed by atoms with Crippen LogP contribution in [0.15, 0.2) is 6.20 Å². The first-order valence-electron chi connectivity index (χ1n) is 5.39. The summed E-state index contributed by atoms with van der Waals surface area (Å²) in [6.07, 6.45) is 4.68. The van der Waals surface area contributed by atoms with Gasteiger partial charge in [-0.15, -0.1) is 0 Å². The molecule has 0 amide bonds. The van der Waals surface area contributed by atoms with Crippen LogP contribution in [-0.4, -0.2) is 21.6 Å².